The molecule has 8 heteroatoms. The number of carbonyl (C=O) groups is 1. The highest BCUT2D eigenvalue weighted by Crippen LogP contribution is 2.42. The van der Waals surface area contributed by atoms with Crippen molar-refractivity contribution in [2.24, 2.45) is 0 Å². The number of nitrogens with one attached hydrogen (secondary N) is 2. The van der Waals surface area contributed by atoms with Crippen molar-refractivity contribution in [1.82, 2.24) is 10.0 Å². The van der Waals surface area contributed by atoms with Gasteiger partial charge in [-0.05, 0) is 18.9 Å². The second kappa shape index (κ2) is 6.92. The van der Waals surface area contributed by atoms with E-state index in [2.05, 4.69) is 10.0 Å². The molecule has 128 valence electrons. The van der Waals surface area contributed by atoms with E-state index < -0.39 is 27.1 Å². The minimum absolute atomic E-state index is 0.0621. The molecule has 0 aliphatic heterocycles. The Morgan fingerprint density at radius 2 is 1.87 bits per heavy atom. The molecule has 23 heavy (non-hydrogen) atoms. The fourth-order valence-electron chi connectivity index (χ4n) is 3.06. The van der Waals surface area contributed by atoms with E-state index in [1.165, 1.54) is 6.07 Å². The van der Waals surface area contributed by atoms with E-state index in [1.54, 1.807) is 0 Å². The van der Waals surface area contributed by atoms with Crippen molar-refractivity contribution < 1.29 is 22.0 Å². The normalized spacial score (nSPS) is 17.2. The number of hydrogen-bond donors (Lipinski definition) is 2. The average Bonchev–Trinajstić information content (AvgIpc) is 2.93. The quantitative estimate of drug-likeness (QED) is 0.766. The molecule has 1 fully saturated rings. The zero-order chi connectivity index (χ0) is 17.1. The van der Waals surface area contributed by atoms with Crippen molar-refractivity contribution in [2.75, 3.05) is 19.3 Å². The fourth-order valence-corrected chi connectivity index (χ4v) is 3.53. The van der Waals surface area contributed by atoms with Crippen LogP contribution in [0.25, 0.3) is 0 Å². The number of amides is 1. The third kappa shape index (κ3) is 4.26. The number of halogens is 2. The summed E-state index contributed by atoms with van der Waals surface area (Å²) in [5, 5.41) is 2.65. The zero-order valence-corrected chi connectivity index (χ0v) is 13.7. The highest BCUT2D eigenvalue weighted by Gasteiger charge is 2.44. The summed E-state index contributed by atoms with van der Waals surface area (Å²) in [6.45, 7) is 0.170. The van der Waals surface area contributed by atoms with Gasteiger partial charge in [-0.3, -0.25) is 4.79 Å². The van der Waals surface area contributed by atoms with Gasteiger partial charge >= 0.3 is 0 Å². The highest BCUT2D eigenvalue weighted by molar-refractivity contribution is 7.88. The predicted molar refractivity (Wildman–Crippen MR) is 82.4 cm³/mol. The molecule has 0 unspecified atom stereocenters. The Hall–Kier alpha value is -1.54. The van der Waals surface area contributed by atoms with Gasteiger partial charge in [-0.1, -0.05) is 18.9 Å². The molecule has 0 heterocycles. The lowest BCUT2D eigenvalue weighted by molar-refractivity contribution is -0.126. The van der Waals surface area contributed by atoms with Crippen LogP contribution >= 0.6 is 0 Å². The summed E-state index contributed by atoms with van der Waals surface area (Å²) < 4.78 is 51.5. The van der Waals surface area contributed by atoms with Crippen molar-refractivity contribution in [2.45, 2.75) is 31.1 Å². The summed E-state index contributed by atoms with van der Waals surface area (Å²) in [6, 6.07) is 3.26. The summed E-state index contributed by atoms with van der Waals surface area (Å²) in [4.78, 5) is 12.6. The second-order valence-corrected chi connectivity index (χ2v) is 7.67. The van der Waals surface area contributed by atoms with Gasteiger partial charge in [0.1, 0.15) is 11.6 Å². The van der Waals surface area contributed by atoms with Crippen molar-refractivity contribution in [1.29, 1.82) is 0 Å². The van der Waals surface area contributed by atoms with Crippen LogP contribution < -0.4 is 10.0 Å². The first kappa shape index (κ1) is 17.8. The van der Waals surface area contributed by atoms with Crippen LogP contribution in [-0.2, 0) is 20.2 Å². The van der Waals surface area contributed by atoms with Gasteiger partial charge in [-0.2, -0.15) is 0 Å². The Kier molecular flexibility index (Phi) is 5.36. The van der Waals surface area contributed by atoms with E-state index >= 15 is 0 Å². The first-order valence-electron chi connectivity index (χ1n) is 7.43. The van der Waals surface area contributed by atoms with E-state index in [-0.39, 0.29) is 24.6 Å². The van der Waals surface area contributed by atoms with E-state index in [0.717, 1.165) is 31.2 Å². The van der Waals surface area contributed by atoms with Gasteiger partial charge in [0, 0.05) is 24.7 Å². The van der Waals surface area contributed by atoms with Crippen molar-refractivity contribution >= 4 is 15.9 Å². The minimum atomic E-state index is -3.32. The van der Waals surface area contributed by atoms with Gasteiger partial charge in [0.25, 0.3) is 0 Å². The standard InChI is InChI=1S/C15H20F2N2O3S/c1-23(21,22)19-9-8-18-14(20)15(6-2-3-7-15)12-5-4-11(16)10-13(12)17/h4-5,10,19H,2-3,6-9H2,1H3,(H,18,20). The molecule has 0 radical (unpaired) electrons. The first-order valence-corrected chi connectivity index (χ1v) is 9.32. The predicted octanol–water partition coefficient (Wildman–Crippen LogP) is 1.44. The smallest absolute Gasteiger partial charge is 0.230 e. The van der Waals surface area contributed by atoms with E-state index in [4.69, 9.17) is 0 Å². The van der Waals surface area contributed by atoms with Gasteiger partial charge in [0.2, 0.25) is 15.9 Å². The molecule has 1 amide bonds. The Morgan fingerprint density at radius 1 is 1.22 bits per heavy atom. The molecular formula is C15H20F2N2O3S. The van der Waals surface area contributed by atoms with E-state index in [9.17, 15) is 22.0 Å². The van der Waals surface area contributed by atoms with Gasteiger partial charge < -0.3 is 5.32 Å². The van der Waals surface area contributed by atoms with Crippen LogP contribution in [0.2, 0.25) is 0 Å². The Morgan fingerprint density at radius 3 is 2.43 bits per heavy atom. The van der Waals surface area contributed by atoms with Crippen LogP contribution in [0.3, 0.4) is 0 Å². The number of benzene rings is 1. The molecule has 2 N–H and O–H groups in total. The average molecular weight is 346 g/mol. The summed E-state index contributed by atoms with van der Waals surface area (Å²) in [7, 11) is -3.32. The maximum Gasteiger partial charge on any atom is 0.230 e. The molecule has 1 aliphatic carbocycles. The van der Waals surface area contributed by atoms with Crippen LogP contribution in [0.4, 0.5) is 8.78 Å². The molecule has 0 bridgehead atoms. The number of hydrogen-bond acceptors (Lipinski definition) is 3. The lowest BCUT2D eigenvalue weighted by Crippen LogP contribution is -2.45. The zero-order valence-electron chi connectivity index (χ0n) is 12.9. The Balaban J connectivity index is 2.12. The minimum Gasteiger partial charge on any atom is -0.354 e. The Bertz CT molecular complexity index is 686. The second-order valence-electron chi connectivity index (χ2n) is 5.84. The summed E-state index contributed by atoms with van der Waals surface area (Å²) in [6.07, 6.45) is 3.57. The molecule has 0 atom stereocenters. The SMILES string of the molecule is CS(=O)(=O)NCCNC(=O)C1(c2ccc(F)cc2F)CCCC1. The number of sulfonamides is 1. The van der Waals surface area contributed by atoms with Crippen LogP contribution in [-0.4, -0.2) is 33.7 Å². The summed E-state index contributed by atoms with van der Waals surface area (Å²) in [5.41, 5.74) is -0.812. The fraction of sp³-hybridized carbons (Fsp3) is 0.533. The molecule has 1 aromatic carbocycles. The van der Waals surface area contributed by atoms with Crippen molar-refractivity contribution in [3.8, 4) is 0 Å². The molecule has 1 aromatic rings. The number of carbonyl (C=O) groups excluding carboxylic acids is 1. The monoisotopic (exact) mass is 346 g/mol. The van der Waals surface area contributed by atoms with Crippen LogP contribution in [0.15, 0.2) is 18.2 Å². The number of rotatable bonds is 6. The van der Waals surface area contributed by atoms with E-state index in [1.807, 2.05) is 0 Å². The van der Waals surface area contributed by atoms with Gasteiger partial charge in [-0.15, -0.1) is 0 Å². The highest BCUT2D eigenvalue weighted by atomic mass is 32.2. The largest absolute Gasteiger partial charge is 0.354 e. The van der Waals surface area contributed by atoms with Gasteiger partial charge in [-0.25, -0.2) is 21.9 Å². The Labute approximate surface area is 134 Å². The summed E-state index contributed by atoms with van der Waals surface area (Å²) in [5.74, 6) is -1.76. The third-order valence-electron chi connectivity index (χ3n) is 4.11. The topological polar surface area (TPSA) is 75.3 Å². The third-order valence-corrected chi connectivity index (χ3v) is 4.84. The van der Waals surface area contributed by atoms with Gasteiger partial charge in [0.05, 0.1) is 11.7 Å². The van der Waals surface area contributed by atoms with Crippen molar-refractivity contribution in [3.05, 3.63) is 35.4 Å². The van der Waals surface area contributed by atoms with E-state index in [0.29, 0.717) is 12.8 Å². The van der Waals surface area contributed by atoms with Crippen LogP contribution in [0.5, 0.6) is 0 Å². The molecule has 1 aliphatic rings. The lowest BCUT2D eigenvalue weighted by Gasteiger charge is -2.28. The molecule has 5 nitrogen and oxygen atoms in total. The maximum absolute atomic E-state index is 14.1. The molecule has 1 saturated carbocycles. The molecular weight excluding hydrogens is 326 g/mol. The molecule has 0 saturated heterocycles. The lowest BCUT2D eigenvalue weighted by atomic mass is 9.77. The van der Waals surface area contributed by atoms with Crippen LogP contribution in [0.1, 0.15) is 31.2 Å². The molecule has 0 aromatic heterocycles. The van der Waals surface area contributed by atoms with Crippen molar-refractivity contribution in [3.63, 3.8) is 0 Å². The molecule has 2 rings (SSSR count). The summed E-state index contributed by atoms with van der Waals surface area (Å²) >= 11 is 0. The van der Waals surface area contributed by atoms with Crippen LogP contribution in [0, 0.1) is 11.6 Å². The van der Waals surface area contributed by atoms with Gasteiger partial charge in [0.15, 0.2) is 0 Å². The first-order chi connectivity index (χ1) is 10.7. The maximum atomic E-state index is 14.1. The molecule has 0 spiro atoms.